The fourth-order valence-corrected chi connectivity index (χ4v) is 1.88. The monoisotopic (exact) mass is 185 g/mol. The number of esters is 1. The molecule has 0 aromatic carbocycles. The molecule has 0 atom stereocenters. The lowest BCUT2D eigenvalue weighted by atomic mass is 10.4. The molecule has 0 aliphatic carbocycles. The maximum Gasteiger partial charge on any atom is 0.348 e. The summed E-state index contributed by atoms with van der Waals surface area (Å²) in [6.45, 7) is 1.96. The third kappa shape index (κ3) is 1.58. The van der Waals surface area contributed by atoms with Gasteiger partial charge in [0.1, 0.15) is 4.88 Å². The predicted molar refractivity (Wildman–Crippen MR) is 49.9 cm³/mol. The van der Waals surface area contributed by atoms with E-state index in [2.05, 4.69) is 10.1 Å². The lowest BCUT2D eigenvalue weighted by molar-refractivity contribution is 0.0606. The molecule has 1 aromatic rings. The van der Waals surface area contributed by atoms with Crippen LogP contribution in [0.4, 0.5) is 5.69 Å². The molecular weight excluding hydrogens is 174 g/mol. The second kappa shape index (κ2) is 3.58. The van der Waals surface area contributed by atoms with Crippen LogP contribution in [0.25, 0.3) is 0 Å². The second-order valence-electron chi connectivity index (χ2n) is 2.32. The number of hydrogen-bond acceptors (Lipinski definition) is 4. The van der Waals surface area contributed by atoms with E-state index in [-0.39, 0.29) is 5.97 Å². The molecule has 0 aliphatic heterocycles. The molecule has 66 valence electrons. The maximum atomic E-state index is 11.1. The predicted octanol–water partition coefficient (Wildman–Crippen LogP) is 1.88. The number of nitrogens with one attached hydrogen (secondary N) is 1. The number of ether oxygens (including phenoxy) is 1. The molecular formula is C8H11NO2S. The average molecular weight is 185 g/mol. The van der Waals surface area contributed by atoms with Crippen LogP contribution < -0.4 is 5.32 Å². The van der Waals surface area contributed by atoms with Gasteiger partial charge in [-0.05, 0) is 13.0 Å². The van der Waals surface area contributed by atoms with Crippen molar-refractivity contribution < 1.29 is 9.53 Å². The number of rotatable bonds is 2. The Hall–Kier alpha value is -1.03. The average Bonchev–Trinajstić information content (AvgIpc) is 2.45. The van der Waals surface area contributed by atoms with E-state index in [0.29, 0.717) is 4.88 Å². The minimum absolute atomic E-state index is 0.274. The molecule has 12 heavy (non-hydrogen) atoms. The minimum atomic E-state index is -0.274. The summed E-state index contributed by atoms with van der Waals surface area (Å²) in [6, 6.07) is 1.80. The van der Waals surface area contributed by atoms with Crippen molar-refractivity contribution in [2.45, 2.75) is 6.92 Å². The number of anilines is 1. The molecule has 0 bridgehead atoms. The van der Waals surface area contributed by atoms with Crippen molar-refractivity contribution in [1.82, 2.24) is 0 Å². The Morgan fingerprint density at radius 2 is 2.33 bits per heavy atom. The molecule has 0 spiro atoms. The van der Waals surface area contributed by atoms with E-state index in [0.717, 1.165) is 10.6 Å². The van der Waals surface area contributed by atoms with Crippen molar-refractivity contribution >= 4 is 23.0 Å². The fourth-order valence-electron chi connectivity index (χ4n) is 0.931. The highest BCUT2D eigenvalue weighted by atomic mass is 32.1. The molecule has 3 nitrogen and oxygen atoms in total. The molecule has 4 heteroatoms. The lowest BCUT2D eigenvalue weighted by Gasteiger charge is -1.93. The van der Waals surface area contributed by atoms with Gasteiger partial charge in [0.15, 0.2) is 0 Å². The van der Waals surface area contributed by atoms with E-state index in [4.69, 9.17) is 0 Å². The Morgan fingerprint density at radius 3 is 2.75 bits per heavy atom. The van der Waals surface area contributed by atoms with Crippen LogP contribution in [0, 0.1) is 6.92 Å². The Bertz CT molecular complexity index is 293. The number of hydrogen-bond donors (Lipinski definition) is 1. The first kappa shape index (κ1) is 9.06. The van der Waals surface area contributed by atoms with Crippen LogP contribution >= 0.6 is 11.3 Å². The summed E-state index contributed by atoms with van der Waals surface area (Å²) >= 11 is 1.43. The van der Waals surface area contributed by atoms with Gasteiger partial charge in [-0.3, -0.25) is 0 Å². The summed E-state index contributed by atoms with van der Waals surface area (Å²) in [5, 5.41) is 3.00. The van der Waals surface area contributed by atoms with E-state index in [1.165, 1.54) is 18.4 Å². The Balaban J connectivity index is 2.96. The highest BCUT2D eigenvalue weighted by molar-refractivity contribution is 7.14. The number of carbonyl (C=O) groups excluding carboxylic acids is 1. The summed E-state index contributed by atoms with van der Waals surface area (Å²) in [5.74, 6) is -0.274. The molecule has 0 fully saturated rings. The van der Waals surface area contributed by atoms with Crippen molar-refractivity contribution in [3.63, 3.8) is 0 Å². The van der Waals surface area contributed by atoms with Crippen LogP contribution in [0.2, 0.25) is 0 Å². The molecule has 0 saturated carbocycles. The van der Waals surface area contributed by atoms with E-state index < -0.39 is 0 Å². The standard InChI is InChI=1S/C8H11NO2S/c1-5-6(9-2)4-7(12-5)8(10)11-3/h4,9H,1-3H3. The lowest BCUT2D eigenvalue weighted by Crippen LogP contribution is -1.97. The van der Waals surface area contributed by atoms with Gasteiger partial charge >= 0.3 is 5.97 Å². The molecule has 0 saturated heterocycles. The van der Waals surface area contributed by atoms with Crippen molar-refractivity contribution in [2.24, 2.45) is 0 Å². The van der Waals surface area contributed by atoms with Crippen molar-refractivity contribution in [1.29, 1.82) is 0 Å². The summed E-state index contributed by atoms with van der Waals surface area (Å²) in [5.41, 5.74) is 0.986. The van der Waals surface area contributed by atoms with Crippen LogP contribution in [0.15, 0.2) is 6.07 Å². The fraction of sp³-hybridized carbons (Fsp3) is 0.375. The molecule has 0 radical (unpaired) electrons. The summed E-state index contributed by atoms with van der Waals surface area (Å²) in [7, 11) is 3.21. The Labute approximate surface area is 75.4 Å². The molecule has 1 N–H and O–H groups in total. The van der Waals surface area contributed by atoms with Gasteiger partial charge in [-0.15, -0.1) is 11.3 Å². The van der Waals surface area contributed by atoms with E-state index >= 15 is 0 Å². The first-order valence-corrected chi connectivity index (χ1v) is 4.37. The van der Waals surface area contributed by atoms with E-state index in [1.807, 2.05) is 14.0 Å². The van der Waals surface area contributed by atoms with Gasteiger partial charge in [0, 0.05) is 17.6 Å². The van der Waals surface area contributed by atoms with Crippen LogP contribution in [0.1, 0.15) is 14.5 Å². The Kier molecular flexibility index (Phi) is 2.70. The highest BCUT2D eigenvalue weighted by Gasteiger charge is 2.10. The molecule has 0 unspecified atom stereocenters. The molecule has 1 rings (SSSR count). The third-order valence-electron chi connectivity index (χ3n) is 1.57. The zero-order valence-corrected chi connectivity index (χ0v) is 8.12. The van der Waals surface area contributed by atoms with Crippen molar-refractivity contribution in [3.05, 3.63) is 15.8 Å². The third-order valence-corrected chi connectivity index (χ3v) is 2.60. The summed E-state index contributed by atoms with van der Waals surface area (Å²) in [4.78, 5) is 12.8. The van der Waals surface area contributed by atoms with Crippen LogP contribution in [0.5, 0.6) is 0 Å². The quantitative estimate of drug-likeness (QED) is 0.715. The normalized spacial score (nSPS) is 9.58. The number of aryl methyl sites for hydroxylation is 1. The number of methoxy groups -OCH3 is 1. The molecule has 0 aliphatic rings. The first-order valence-electron chi connectivity index (χ1n) is 3.55. The maximum absolute atomic E-state index is 11.1. The zero-order valence-electron chi connectivity index (χ0n) is 7.30. The van der Waals surface area contributed by atoms with Crippen molar-refractivity contribution in [3.8, 4) is 0 Å². The van der Waals surface area contributed by atoms with E-state index in [1.54, 1.807) is 6.07 Å². The van der Waals surface area contributed by atoms with Gasteiger partial charge in [0.25, 0.3) is 0 Å². The van der Waals surface area contributed by atoms with E-state index in [9.17, 15) is 4.79 Å². The van der Waals surface area contributed by atoms with Crippen molar-refractivity contribution in [2.75, 3.05) is 19.5 Å². The summed E-state index contributed by atoms with van der Waals surface area (Å²) in [6.07, 6.45) is 0. The van der Waals surface area contributed by atoms with Gasteiger partial charge < -0.3 is 10.1 Å². The van der Waals surface area contributed by atoms with Gasteiger partial charge in [0.05, 0.1) is 7.11 Å². The first-order chi connectivity index (χ1) is 5.69. The van der Waals surface area contributed by atoms with Gasteiger partial charge in [0.2, 0.25) is 0 Å². The van der Waals surface area contributed by atoms with Gasteiger partial charge in [-0.1, -0.05) is 0 Å². The van der Waals surface area contributed by atoms with Crippen LogP contribution in [0.3, 0.4) is 0 Å². The van der Waals surface area contributed by atoms with Crippen LogP contribution in [-0.4, -0.2) is 20.1 Å². The molecule has 1 heterocycles. The molecule has 1 aromatic heterocycles. The number of carbonyl (C=O) groups is 1. The van der Waals surface area contributed by atoms with Crippen LogP contribution in [-0.2, 0) is 4.74 Å². The highest BCUT2D eigenvalue weighted by Crippen LogP contribution is 2.25. The minimum Gasteiger partial charge on any atom is -0.465 e. The zero-order chi connectivity index (χ0) is 9.14. The molecule has 0 amide bonds. The Morgan fingerprint density at radius 1 is 1.67 bits per heavy atom. The topological polar surface area (TPSA) is 38.3 Å². The second-order valence-corrected chi connectivity index (χ2v) is 3.58. The summed E-state index contributed by atoms with van der Waals surface area (Å²) < 4.78 is 4.59. The SMILES string of the molecule is CNc1cc(C(=O)OC)sc1C. The van der Waals surface area contributed by atoms with Gasteiger partial charge in [-0.2, -0.15) is 0 Å². The number of thiophene rings is 1. The smallest absolute Gasteiger partial charge is 0.348 e. The largest absolute Gasteiger partial charge is 0.465 e. The van der Waals surface area contributed by atoms with Gasteiger partial charge in [-0.25, -0.2) is 4.79 Å².